The molecule has 2 aromatic rings. The summed E-state index contributed by atoms with van der Waals surface area (Å²) in [4.78, 5) is 25.8. The number of ether oxygens (including phenoxy) is 2. The molecule has 0 bridgehead atoms. The van der Waals surface area contributed by atoms with Crippen molar-refractivity contribution in [2.75, 3.05) is 6.79 Å². The van der Waals surface area contributed by atoms with Crippen LogP contribution >= 0.6 is 0 Å². The fourth-order valence-corrected chi connectivity index (χ4v) is 5.63. The molecule has 4 aliphatic rings. The molecular formula is C24H20O4. The zero-order chi connectivity index (χ0) is 18.8. The van der Waals surface area contributed by atoms with Gasteiger partial charge in [0.1, 0.15) is 11.6 Å². The van der Waals surface area contributed by atoms with Crippen LogP contribution in [-0.2, 0) is 16.0 Å². The predicted octanol–water partition coefficient (Wildman–Crippen LogP) is 4.08. The van der Waals surface area contributed by atoms with E-state index in [4.69, 9.17) is 9.47 Å². The van der Waals surface area contributed by atoms with E-state index < -0.39 is 0 Å². The molecule has 3 unspecified atom stereocenters. The van der Waals surface area contributed by atoms with E-state index in [0.717, 1.165) is 23.5 Å². The van der Waals surface area contributed by atoms with Gasteiger partial charge in [0.15, 0.2) is 11.5 Å². The van der Waals surface area contributed by atoms with E-state index >= 15 is 0 Å². The highest BCUT2D eigenvalue weighted by Gasteiger charge is 2.49. The summed E-state index contributed by atoms with van der Waals surface area (Å²) in [6, 6.07) is 14.4. The Hall–Kier alpha value is -2.88. The molecule has 0 spiro atoms. The summed E-state index contributed by atoms with van der Waals surface area (Å²) < 4.78 is 11.1. The third kappa shape index (κ3) is 2.17. The summed E-state index contributed by atoms with van der Waals surface area (Å²) in [6.07, 6.45) is 2.31. The summed E-state index contributed by atoms with van der Waals surface area (Å²) >= 11 is 0. The minimum atomic E-state index is -0.255. The van der Waals surface area contributed by atoms with Gasteiger partial charge in [-0.25, -0.2) is 0 Å². The van der Waals surface area contributed by atoms with Crippen LogP contribution in [0.25, 0.3) is 5.57 Å². The molecule has 1 aliphatic heterocycles. The molecule has 1 saturated carbocycles. The number of ketones is 2. The molecule has 2 aromatic carbocycles. The predicted molar refractivity (Wildman–Crippen MR) is 103 cm³/mol. The van der Waals surface area contributed by atoms with Crippen LogP contribution in [0.15, 0.2) is 48.0 Å². The van der Waals surface area contributed by atoms with Crippen molar-refractivity contribution in [3.05, 3.63) is 64.7 Å². The molecule has 1 fully saturated rings. The molecule has 140 valence electrons. The highest BCUT2D eigenvalue weighted by atomic mass is 16.7. The first-order chi connectivity index (χ1) is 13.7. The maximum Gasteiger partial charge on any atom is 0.231 e. The fraction of sp³-hybridized carbons (Fsp3) is 0.333. The average molecular weight is 372 g/mol. The molecule has 4 heteroatoms. The summed E-state index contributed by atoms with van der Waals surface area (Å²) in [5, 5.41) is 0. The van der Waals surface area contributed by atoms with Crippen LogP contribution in [0, 0.1) is 11.8 Å². The van der Waals surface area contributed by atoms with E-state index in [1.807, 2.05) is 18.2 Å². The Labute approximate surface area is 163 Å². The topological polar surface area (TPSA) is 52.6 Å². The van der Waals surface area contributed by atoms with E-state index in [1.165, 1.54) is 22.3 Å². The molecule has 28 heavy (non-hydrogen) atoms. The highest BCUT2D eigenvalue weighted by Crippen LogP contribution is 2.55. The van der Waals surface area contributed by atoms with Crippen LogP contribution < -0.4 is 9.47 Å². The van der Waals surface area contributed by atoms with Crippen molar-refractivity contribution in [3.8, 4) is 11.5 Å². The number of benzene rings is 2. The largest absolute Gasteiger partial charge is 0.454 e. The van der Waals surface area contributed by atoms with Gasteiger partial charge in [0.2, 0.25) is 6.79 Å². The van der Waals surface area contributed by atoms with E-state index in [0.29, 0.717) is 19.3 Å². The number of hydrogen-bond acceptors (Lipinski definition) is 4. The van der Waals surface area contributed by atoms with Gasteiger partial charge in [-0.3, -0.25) is 9.59 Å². The number of carbonyl (C=O) groups excluding carboxylic acids is 2. The minimum Gasteiger partial charge on any atom is -0.454 e. The van der Waals surface area contributed by atoms with Gasteiger partial charge >= 0.3 is 0 Å². The Morgan fingerprint density at radius 1 is 0.893 bits per heavy atom. The zero-order valence-corrected chi connectivity index (χ0v) is 15.4. The molecule has 6 rings (SSSR count). The Morgan fingerprint density at radius 3 is 2.64 bits per heavy atom. The quantitative estimate of drug-likeness (QED) is 0.757. The lowest BCUT2D eigenvalue weighted by Gasteiger charge is -2.41. The summed E-state index contributed by atoms with van der Waals surface area (Å²) in [5.41, 5.74) is 6.21. The van der Waals surface area contributed by atoms with Gasteiger partial charge < -0.3 is 9.47 Å². The van der Waals surface area contributed by atoms with Gasteiger partial charge in [-0.2, -0.15) is 0 Å². The van der Waals surface area contributed by atoms with Gasteiger partial charge in [-0.1, -0.05) is 35.9 Å². The number of Topliss-reactive ketones (excluding diaryl/α,β-unsaturated/α-hetero) is 2. The number of carbonyl (C=O) groups is 2. The van der Waals surface area contributed by atoms with E-state index in [9.17, 15) is 9.59 Å². The van der Waals surface area contributed by atoms with Crippen molar-refractivity contribution in [3.63, 3.8) is 0 Å². The second kappa shape index (κ2) is 5.81. The number of hydrogen-bond donors (Lipinski definition) is 0. The van der Waals surface area contributed by atoms with Crippen LogP contribution in [0.2, 0.25) is 0 Å². The normalized spacial score (nSPS) is 27.5. The molecule has 0 radical (unpaired) electrons. The van der Waals surface area contributed by atoms with Crippen molar-refractivity contribution in [1.82, 2.24) is 0 Å². The van der Waals surface area contributed by atoms with Crippen molar-refractivity contribution >= 4 is 17.1 Å². The lowest BCUT2D eigenvalue weighted by molar-refractivity contribution is -0.138. The fourth-order valence-electron chi connectivity index (χ4n) is 5.63. The monoisotopic (exact) mass is 372 g/mol. The van der Waals surface area contributed by atoms with Crippen molar-refractivity contribution in [1.29, 1.82) is 0 Å². The van der Waals surface area contributed by atoms with Gasteiger partial charge in [0, 0.05) is 30.6 Å². The standard InChI is InChI=1S/C24H20O4/c25-19-6-7-20(26)24-18(19)11-16-15-4-2-1-3-13(15)9-17(16)23(24)14-5-8-21-22(10-14)28-12-27-21/h1-5,8,10,18,23-24H,6-7,9,11-12H2. The Morgan fingerprint density at radius 2 is 1.71 bits per heavy atom. The molecule has 0 amide bonds. The van der Waals surface area contributed by atoms with Gasteiger partial charge in [0.25, 0.3) is 0 Å². The van der Waals surface area contributed by atoms with Crippen molar-refractivity contribution < 1.29 is 19.1 Å². The molecular weight excluding hydrogens is 352 g/mol. The van der Waals surface area contributed by atoms with Crippen molar-refractivity contribution in [2.24, 2.45) is 11.8 Å². The maximum absolute atomic E-state index is 13.0. The Kier molecular flexibility index (Phi) is 3.34. The number of rotatable bonds is 1. The first-order valence-corrected chi connectivity index (χ1v) is 9.96. The third-order valence-corrected chi connectivity index (χ3v) is 6.86. The molecule has 4 nitrogen and oxygen atoms in total. The first kappa shape index (κ1) is 16.1. The zero-order valence-electron chi connectivity index (χ0n) is 15.4. The van der Waals surface area contributed by atoms with E-state index in [1.54, 1.807) is 0 Å². The maximum atomic E-state index is 13.0. The van der Waals surface area contributed by atoms with E-state index in [2.05, 4.69) is 24.3 Å². The average Bonchev–Trinajstić information content (AvgIpc) is 3.33. The van der Waals surface area contributed by atoms with E-state index in [-0.39, 0.29) is 36.1 Å². The SMILES string of the molecule is O=C1CCC(=O)C2C1CC1=C(Cc3ccccc31)C2c1ccc2c(c1)OCO2. The summed E-state index contributed by atoms with van der Waals surface area (Å²) in [6.45, 7) is 0.228. The van der Waals surface area contributed by atoms with Crippen LogP contribution in [0.3, 0.4) is 0 Å². The number of fused-ring (bicyclic) bond motifs is 4. The summed E-state index contributed by atoms with van der Waals surface area (Å²) in [7, 11) is 0. The van der Waals surface area contributed by atoms with Crippen LogP contribution in [-0.4, -0.2) is 18.4 Å². The molecule has 3 atom stereocenters. The smallest absolute Gasteiger partial charge is 0.231 e. The Bertz CT molecular complexity index is 1060. The van der Waals surface area contributed by atoms with Crippen molar-refractivity contribution in [2.45, 2.75) is 31.6 Å². The van der Waals surface area contributed by atoms with Crippen LogP contribution in [0.5, 0.6) is 11.5 Å². The third-order valence-electron chi connectivity index (χ3n) is 6.86. The lowest BCUT2D eigenvalue weighted by Crippen LogP contribution is -2.42. The van der Waals surface area contributed by atoms with Crippen LogP contribution in [0.4, 0.5) is 0 Å². The molecule has 0 saturated heterocycles. The van der Waals surface area contributed by atoms with Gasteiger partial charge in [-0.05, 0) is 47.2 Å². The lowest BCUT2D eigenvalue weighted by atomic mass is 9.61. The van der Waals surface area contributed by atoms with Gasteiger partial charge in [-0.15, -0.1) is 0 Å². The minimum absolute atomic E-state index is 0.0626. The second-order valence-corrected chi connectivity index (χ2v) is 8.20. The molecule has 0 aromatic heterocycles. The first-order valence-electron chi connectivity index (χ1n) is 9.96. The molecule has 0 N–H and O–H groups in total. The summed E-state index contributed by atoms with van der Waals surface area (Å²) in [5.74, 6) is 1.42. The van der Waals surface area contributed by atoms with Gasteiger partial charge in [0.05, 0.1) is 0 Å². The molecule has 1 heterocycles. The molecule has 3 aliphatic carbocycles. The highest BCUT2D eigenvalue weighted by molar-refractivity contribution is 6.00. The number of allylic oxidation sites excluding steroid dienone is 2. The Balaban J connectivity index is 1.54. The second-order valence-electron chi connectivity index (χ2n) is 8.20. The van der Waals surface area contributed by atoms with Crippen LogP contribution in [0.1, 0.15) is 41.9 Å².